The van der Waals surface area contributed by atoms with E-state index in [0.29, 0.717) is 17.9 Å². The van der Waals surface area contributed by atoms with Gasteiger partial charge < -0.3 is 20.6 Å². The van der Waals surface area contributed by atoms with Gasteiger partial charge in [0.15, 0.2) is 5.65 Å². The van der Waals surface area contributed by atoms with Gasteiger partial charge in [0.2, 0.25) is 0 Å². The maximum Gasteiger partial charge on any atom is 0.274 e. The number of rotatable bonds is 9. The zero-order chi connectivity index (χ0) is 28.0. The van der Waals surface area contributed by atoms with E-state index in [4.69, 9.17) is 4.98 Å². The highest BCUT2D eigenvalue weighted by molar-refractivity contribution is 6.03. The van der Waals surface area contributed by atoms with Crippen LogP contribution in [-0.2, 0) is 0 Å². The first-order chi connectivity index (χ1) is 20.2. The number of amides is 1. The number of aliphatic hydroxyl groups excluding tert-OH is 1. The van der Waals surface area contributed by atoms with Gasteiger partial charge in [-0.1, -0.05) is 37.5 Å². The number of nitrogens with zero attached hydrogens (tertiary/aromatic N) is 5. The average Bonchev–Trinajstić information content (AvgIpc) is 3.45. The molecule has 3 N–H and O–H groups in total. The molecule has 0 radical (unpaired) electrons. The van der Waals surface area contributed by atoms with Crippen LogP contribution in [0, 0.1) is 5.92 Å². The van der Waals surface area contributed by atoms with Crippen LogP contribution in [0.25, 0.3) is 16.8 Å². The van der Waals surface area contributed by atoms with Crippen LogP contribution in [0.4, 0.5) is 17.1 Å². The fraction of sp³-hybridized carbons (Fsp3) is 0.406. The summed E-state index contributed by atoms with van der Waals surface area (Å²) in [5, 5.41) is 20.3. The number of aliphatic hydroxyl groups is 1. The Labute approximate surface area is 241 Å². The minimum atomic E-state index is -0.258. The summed E-state index contributed by atoms with van der Waals surface area (Å²) in [6.07, 6.45) is 10.3. The van der Waals surface area contributed by atoms with Gasteiger partial charge in [-0.3, -0.25) is 9.69 Å². The molecule has 41 heavy (non-hydrogen) atoms. The molecule has 1 aliphatic carbocycles. The molecule has 0 spiro atoms. The normalized spacial score (nSPS) is 16.7. The number of carbonyl (C=O) groups is 1. The Hall–Kier alpha value is -3.95. The van der Waals surface area contributed by atoms with Crippen molar-refractivity contribution in [2.75, 3.05) is 61.4 Å². The molecule has 6 rings (SSSR count). The van der Waals surface area contributed by atoms with Crippen molar-refractivity contribution in [2.45, 2.75) is 32.1 Å². The van der Waals surface area contributed by atoms with Gasteiger partial charge in [-0.25, -0.2) is 9.50 Å². The lowest BCUT2D eigenvalue weighted by Crippen LogP contribution is -2.47. The second-order valence-electron chi connectivity index (χ2n) is 11.2. The SMILES string of the molecule is O=C(Nc1cccc(N2CCN(CCO)CC2)c1)c1ccn2ncc(-c3ccc(NCC4CCCCC4)cc3)c2n1. The molecule has 2 aromatic carbocycles. The first-order valence-corrected chi connectivity index (χ1v) is 14.8. The predicted octanol–water partition coefficient (Wildman–Crippen LogP) is 4.76. The van der Waals surface area contributed by atoms with Crippen LogP contribution in [0.5, 0.6) is 0 Å². The average molecular weight is 554 g/mol. The molecule has 4 aromatic rings. The summed E-state index contributed by atoms with van der Waals surface area (Å²) in [5.74, 6) is 0.513. The Balaban J connectivity index is 1.12. The van der Waals surface area contributed by atoms with Crippen LogP contribution in [0.2, 0.25) is 0 Å². The third-order valence-corrected chi connectivity index (χ3v) is 8.37. The second-order valence-corrected chi connectivity index (χ2v) is 11.2. The molecule has 2 aliphatic rings. The Bertz CT molecular complexity index is 1450. The van der Waals surface area contributed by atoms with Crippen molar-refractivity contribution in [3.8, 4) is 11.1 Å². The highest BCUT2D eigenvalue weighted by Crippen LogP contribution is 2.27. The molecule has 9 heteroatoms. The molecule has 0 bridgehead atoms. The number of hydrogen-bond acceptors (Lipinski definition) is 7. The minimum Gasteiger partial charge on any atom is -0.395 e. The molecular weight excluding hydrogens is 514 g/mol. The summed E-state index contributed by atoms with van der Waals surface area (Å²) < 4.78 is 1.71. The highest BCUT2D eigenvalue weighted by Gasteiger charge is 2.18. The van der Waals surface area contributed by atoms with Crippen molar-refractivity contribution >= 4 is 28.6 Å². The molecule has 2 fully saturated rings. The summed E-state index contributed by atoms with van der Waals surface area (Å²) in [7, 11) is 0. The molecule has 1 saturated heterocycles. The zero-order valence-electron chi connectivity index (χ0n) is 23.5. The van der Waals surface area contributed by atoms with E-state index in [-0.39, 0.29) is 12.5 Å². The summed E-state index contributed by atoms with van der Waals surface area (Å²) in [4.78, 5) is 22.5. The molecule has 0 unspecified atom stereocenters. The number of hydrogen-bond donors (Lipinski definition) is 3. The number of anilines is 3. The van der Waals surface area contributed by atoms with E-state index in [9.17, 15) is 9.90 Å². The second kappa shape index (κ2) is 12.7. The van der Waals surface area contributed by atoms with Crippen LogP contribution in [0.15, 0.2) is 67.0 Å². The van der Waals surface area contributed by atoms with Gasteiger partial charge >= 0.3 is 0 Å². The maximum absolute atomic E-state index is 13.2. The molecule has 1 aliphatic heterocycles. The zero-order valence-corrected chi connectivity index (χ0v) is 23.5. The van der Waals surface area contributed by atoms with Gasteiger partial charge in [0, 0.05) is 68.1 Å². The van der Waals surface area contributed by atoms with Crippen LogP contribution >= 0.6 is 0 Å². The number of benzene rings is 2. The smallest absolute Gasteiger partial charge is 0.274 e. The van der Waals surface area contributed by atoms with Gasteiger partial charge in [0.1, 0.15) is 5.69 Å². The van der Waals surface area contributed by atoms with Crippen molar-refractivity contribution in [3.63, 3.8) is 0 Å². The van der Waals surface area contributed by atoms with E-state index < -0.39 is 0 Å². The predicted molar refractivity (Wildman–Crippen MR) is 164 cm³/mol. The first kappa shape index (κ1) is 27.2. The van der Waals surface area contributed by atoms with Crippen molar-refractivity contribution in [1.29, 1.82) is 0 Å². The lowest BCUT2D eigenvalue weighted by molar-refractivity contribution is 0.102. The van der Waals surface area contributed by atoms with Gasteiger partial charge in [0.25, 0.3) is 5.91 Å². The fourth-order valence-electron chi connectivity index (χ4n) is 5.97. The standard InChI is InChI=1S/C32H39N7O2/c40-20-19-37-15-17-38(18-16-37)28-8-4-7-27(21-28)35-32(41)30-13-14-39-31(36-30)29(23-34-39)25-9-11-26(12-10-25)33-22-24-5-2-1-3-6-24/h4,7-14,21,23-24,33,40H,1-3,5-6,15-20,22H2,(H,35,41). The number of aromatic nitrogens is 3. The molecule has 3 heterocycles. The molecule has 1 amide bonds. The van der Waals surface area contributed by atoms with Gasteiger partial charge in [-0.05, 0) is 60.7 Å². The third kappa shape index (κ3) is 6.52. The van der Waals surface area contributed by atoms with Gasteiger partial charge in [-0.15, -0.1) is 0 Å². The third-order valence-electron chi connectivity index (χ3n) is 8.37. The van der Waals surface area contributed by atoms with E-state index >= 15 is 0 Å². The Morgan fingerprint density at radius 2 is 1.76 bits per heavy atom. The summed E-state index contributed by atoms with van der Waals surface area (Å²) in [6.45, 7) is 5.52. The summed E-state index contributed by atoms with van der Waals surface area (Å²) in [6, 6.07) is 18.0. The number of carbonyl (C=O) groups excluding carboxylic acids is 1. The van der Waals surface area contributed by atoms with Crippen molar-refractivity contribution in [3.05, 3.63) is 72.7 Å². The van der Waals surface area contributed by atoms with E-state index in [2.05, 4.69) is 55.9 Å². The molecular formula is C32H39N7O2. The van der Waals surface area contributed by atoms with Crippen LogP contribution in [-0.4, -0.2) is 76.4 Å². The summed E-state index contributed by atoms with van der Waals surface area (Å²) in [5.41, 5.74) is 5.82. The van der Waals surface area contributed by atoms with E-state index in [1.165, 1.54) is 32.1 Å². The van der Waals surface area contributed by atoms with Gasteiger partial charge in [-0.2, -0.15) is 5.10 Å². The monoisotopic (exact) mass is 553 g/mol. The van der Waals surface area contributed by atoms with Crippen molar-refractivity contribution < 1.29 is 9.90 Å². The summed E-state index contributed by atoms with van der Waals surface area (Å²) >= 11 is 0. The molecule has 214 valence electrons. The number of fused-ring (bicyclic) bond motifs is 1. The topological polar surface area (TPSA) is 98.0 Å². The van der Waals surface area contributed by atoms with Crippen LogP contribution in [0.3, 0.4) is 0 Å². The Morgan fingerprint density at radius 1 is 0.951 bits per heavy atom. The van der Waals surface area contributed by atoms with Crippen LogP contribution < -0.4 is 15.5 Å². The van der Waals surface area contributed by atoms with Crippen LogP contribution in [0.1, 0.15) is 42.6 Å². The quantitative estimate of drug-likeness (QED) is 0.275. The van der Waals surface area contributed by atoms with E-state index in [1.54, 1.807) is 23.0 Å². The van der Waals surface area contributed by atoms with Gasteiger partial charge in [0.05, 0.1) is 12.8 Å². The Kier molecular flexibility index (Phi) is 8.44. The lowest BCUT2D eigenvalue weighted by atomic mass is 9.89. The highest BCUT2D eigenvalue weighted by atomic mass is 16.3. The molecule has 0 atom stereocenters. The number of piperazine rings is 1. The number of β-amino-alcohol motifs (C(OH)–C–C–N with tert-alkyl or cyclic N) is 1. The first-order valence-electron chi connectivity index (χ1n) is 14.8. The molecule has 2 aromatic heterocycles. The number of nitrogens with one attached hydrogen (secondary N) is 2. The van der Waals surface area contributed by atoms with Crippen molar-refractivity contribution in [1.82, 2.24) is 19.5 Å². The maximum atomic E-state index is 13.2. The largest absolute Gasteiger partial charge is 0.395 e. The Morgan fingerprint density at radius 3 is 2.54 bits per heavy atom. The van der Waals surface area contributed by atoms with Crippen molar-refractivity contribution in [2.24, 2.45) is 5.92 Å². The minimum absolute atomic E-state index is 0.187. The molecule has 1 saturated carbocycles. The van der Waals surface area contributed by atoms with E-state index in [0.717, 1.165) is 66.8 Å². The molecule has 9 nitrogen and oxygen atoms in total. The van der Waals surface area contributed by atoms with E-state index in [1.807, 2.05) is 18.2 Å². The fourth-order valence-corrected chi connectivity index (χ4v) is 5.97. The lowest BCUT2D eigenvalue weighted by Gasteiger charge is -2.35.